The Morgan fingerprint density at radius 1 is 1.20 bits per heavy atom. The molecule has 2 aromatic heterocycles. The average Bonchev–Trinajstić information content (AvgIpc) is 3.19. The Balaban J connectivity index is 0.000000429. The second-order valence-electron chi connectivity index (χ2n) is 8.46. The lowest BCUT2D eigenvalue weighted by Crippen LogP contribution is -2.48. The highest BCUT2D eigenvalue weighted by atomic mass is 19.4. The first-order valence-corrected chi connectivity index (χ1v) is 10.9. The molecular weight excluding hydrogens is 467 g/mol. The van der Waals surface area contributed by atoms with Crippen LogP contribution < -0.4 is 10.9 Å². The van der Waals surface area contributed by atoms with Crippen LogP contribution in [0.25, 0.3) is 11.0 Å². The first-order valence-electron chi connectivity index (χ1n) is 10.9. The fraction of sp³-hybridized carbons (Fsp3) is 0.391. The highest BCUT2D eigenvalue weighted by Crippen LogP contribution is 2.27. The monoisotopic (exact) mass is 493 g/mol. The number of nitrogens with one attached hydrogen (secondary N) is 3. The van der Waals surface area contributed by atoms with E-state index in [2.05, 4.69) is 39.6 Å². The number of alkyl halides is 3. The van der Waals surface area contributed by atoms with Crippen LogP contribution in [0.1, 0.15) is 52.9 Å². The number of rotatable bonds is 3. The molecule has 1 atom stereocenters. The van der Waals surface area contributed by atoms with Crippen LogP contribution in [0.5, 0.6) is 0 Å². The van der Waals surface area contributed by atoms with Gasteiger partial charge in [0.05, 0.1) is 17.0 Å². The summed E-state index contributed by atoms with van der Waals surface area (Å²) in [7, 11) is 0. The Hall–Kier alpha value is -3.67. The molecule has 0 saturated carbocycles. The van der Waals surface area contributed by atoms with Crippen LogP contribution in [0.3, 0.4) is 0 Å². The summed E-state index contributed by atoms with van der Waals surface area (Å²) in [6.07, 6.45) is -3.49. The molecule has 1 unspecified atom stereocenters. The topological polar surface area (TPSA) is 131 Å². The van der Waals surface area contributed by atoms with E-state index in [1.807, 2.05) is 30.9 Å². The number of carbonyl (C=O) groups excluding carboxylic acids is 1. The standard InChI is InChI=1S/C21H25N5O2.C2HF3O2/c1-12(2)17-15(10-23-19-18(17)20(27)25-24-19)21(28)26-9-8-22-16(11-26)14-7-5-4-6-13(14)3;3-2(4,5)1(6)7/h4-7,10,12,16,22H,8-9,11H2,1-3H3,(H2,23,24,25,27);(H,6,7). The minimum atomic E-state index is -5.08. The Labute approximate surface area is 198 Å². The van der Waals surface area contributed by atoms with Gasteiger partial charge in [-0.15, -0.1) is 0 Å². The molecule has 0 bridgehead atoms. The molecule has 35 heavy (non-hydrogen) atoms. The highest BCUT2D eigenvalue weighted by molar-refractivity contribution is 6.00. The molecule has 1 saturated heterocycles. The number of benzene rings is 1. The van der Waals surface area contributed by atoms with Gasteiger partial charge in [-0.1, -0.05) is 38.1 Å². The number of nitrogens with zero attached hydrogens (tertiary/aromatic N) is 2. The van der Waals surface area contributed by atoms with Crippen molar-refractivity contribution < 1.29 is 27.9 Å². The van der Waals surface area contributed by atoms with Crippen LogP contribution in [-0.2, 0) is 4.79 Å². The van der Waals surface area contributed by atoms with Crippen LogP contribution in [0, 0.1) is 6.92 Å². The van der Waals surface area contributed by atoms with E-state index < -0.39 is 12.1 Å². The lowest BCUT2D eigenvalue weighted by molar-refractivity contribution is -0.192. The number of piperazine rings is 1. The normalized spacial score (nSPS) is 16.2. The number of hydrogen-bond acceptors (Lipinski definition) is 5. The minimum Gasteiger partial charge on any atom is -0.475 e. The molecule has 4 rings (SSSR count). The lowest BCUT2D eigenvalue weighted by atomic mass is 9.94. The van der Waals surface area contributed by atoms with Gasteiger partial charge in [0.25, 0.3) is 11.5 Å². The van der Waals surface area contributed by atoms with Crippen molar-refractivity contribution in [3.8, 4) is 0 Å². The van der Waals surface area contributed by atoms with E-state index in [1.54, 1.807) is 6.20 Å². The lowest BCUT2D eigenvalue weighted by Gasteiger charge is -2.35. The number of pyridine rings is 1. The van der Waals surface area contributed by atoms with Crippen LogP contribution in [-0.4, -0.2) is 62.9 Å². The van der Waals surface area contributed by atoms with Gasteiger partial charge in [-0.25, -0.2) is 9.78 Å². The van der Waals surface area contributed by atoms with Crippen molar-refractivity contribution in [3.63, 3.8) is 0 Å². The average molecular weight is 493 g/mol. The van der Waals surface area contributed by atoms with Crippen LogP contribution in [0.2, 0.25) is 0 Å². The smallest absolute Gasteiger partial charge is 0.475 e. The molecule has 1 aliphatic heterocycles. The number of fused-ring (bicyclic) bond motifs is 1. The fourth-order valence-corrected chi connectivity index (χ4v) is 4.09. The van der Waals surface area contributed by atoms with Gasteiger partial charge in [0.2, 0.25) is 0 Å². The number of amides is 1. The predicted molar refractivity (Wildman–Crippen MR) is 122 cm³/mol. The number of carboxylic acid groups (broad SMARTS) is 1. The maximum atomic E-state index is 13.4. The second-order valence-corrected chi connectivity index (χ2v) is 8.46. The molecule has 1 aliphatic rings. The highest BCUT2D eigenvalue weighted by Gasteiger charge is 2.38. The number of carbonyl (C=O) groups is 2. The number of aromatic nitrogens is 3. The number of halogens is 3. The Morgan fingerprint density at radius 2 is 1.86 bits per heavy atom. The maximum Gasteiger partial charge on any atom is 0.490 e. The van der Waals surface area contributed by atoms with Gasteiger partial charge < -0.3 is 15.3 Å². The fourth-order valence-electron chi connectivity index (χ4n) is 4.09. The van der Waals surface area contributed by atoms with Crippen molar-refractivity contribution >= 4 is 22.9 Å². The van der Waals surface area contributed by atoms with Crippen molar-refractivity contribution in [2.45, 2.75) is 38.9 Å². The van der Waals surface area contributed by atoms with E-state index in [0.717, 1.165) is 12.1 Å². The third-order valence-electron chi connectivity index (χ3n) is 5.72. The van der Waals surface area contributed by atoms with Gasteiger partial charge in [-0.2, -0.15) is 13.2 Å². The van der Waals surface area contributed by atoms with Gasteiger partial charge in [0, 0.05) is 25.8 Å². The Morgan fingerprint density at radius 3 is 2.46 bits per heavy atom. The van der Waals surface area contributed by atoms with E-state index in [0.29, 0.717) is 29.7 Å². The maximum absolute atomic E-state index is 13.4. The zero-order valence-corrected chi connectivity index (χ0v) is 19.4. The molecule has 1 fully saturated rings. The molecule has 3 heterocycles. The summed E-state index contributed by atoms with van der Waals surface area (Å²) in [4.78, 5) is 40.7. The molecular formula is C23H26F3N5O4. The molecule has 0 aliphatic carbocycles. The number of H-pyrrole nitrogens is 2. The molecule has 9 nitrogen and oxygen atoms in total. The molecule has 12 heteroatoms. The van der Waals surface area contributed by atoms with E-state index in [9.17, 15) is 22.8 Å². The van der Waals surface area contributed by atoms with Crippen molar-refractivity contribution in [1.29, 1.82) is 0 Å². The van der Waals surface area contributed by atoms with Gasteiger partial charge in [-0.3, -0.25) is 19.8 Å². The second kappa shape index (κ2) is 10.3. The molecule has 188 valence electrons. The molecule has 0 radical (unpaired) electrons. The van der Waals surface area contributed by atoms with E-state index >= 15 is 0 Å². The van der Waals surface area contributed by atoms with E-state index in [4.69, 9.17) is 9.90 Å². The van der Waals surface area contributed by atoms with Crippen molar-refractivity contribution in [2.24, 2.45) is 0 Å². The van der Waals surface area contributed by atoms with Crippen LogP contribution in [0.15, 0.2) is 35.3 Å². The van der Waals surface area contributed by atoms with Gasteiger partial charge in [-0.05, 0) is 29.5 Å². The van der Waals surface area contributed by atoms with E-state index in [1.165, 1.54) is 11.1 Å². The summed E-state index contributed by atoms with van der Waals surface area (Å²) in [6, 6.07) is 8.33. The molecule has 4 N–H and O–H groups in total. The SMILES string of the molecule is Cc1ccccc1C1CN(C(=O)c2cnc3[nH][nH]c(=O)c3c2C(C)C)CCN1.O=C(O)C(F)(F)F. The third kappa shape index (κ3) is 5.70. The summed E-state index contributed by atoms with van der Waals surface area (Å²) in [6.45, 7) is 8.01. The van der Waals surface area contributed by atoms with Crippen molar-refractivity contribution in [3.05, 3.63) is 63.1 Å². The molecule has 3 aromatic rings. The Kier molecular flexibility index (Phi) is 7.64. The summed E-state index contributed by atoms with van der Waals surface area (Å²) >= 11 is 0. The van der Waals surface area contributed by atoms with Gasteiger partial charge >= 0.3 is 12.1 Å². The summed E-state index contributed by atoms with van der Waals surface area (Å²) in [5, 5.41) is 16.5. The third-order valence-corrected chi connectivity index (χ3v) is 5.72. The number of hydrogen-bond donors (Lipinski definition) is 4. The zero-order valence-electron chi connectivity index (χ0n) is 19.4. The van der Waals surface area contributed by atoms with Crippen LogP contribution in [0.4, 0.5) is 13.2 Å². The zero-order chi connectivity index (χ0) is 25.9. The number of aromatic amines is 2. The number of carboxylic acids is 1. The van der Waals surface area contributed by atoms with Gasteiger partial charge in [0.15, 0.2) is 5.65 Å². The molecule has 1 aromatic carbocycles. The summed E-state index contributed by atoms with van der Waals surface area (Å²) in [5.41, 5.74) is 3.93. The predicted octanol–water partition coefficient (Wildman–Crippen LogP) is 3.10. The quantitative estimate of drug-likeness (QED) is 0.444. The summed E-state index contributed by atoms with van der Waals surface area (Å²) in [5.74, 6) is -2.80. The first kappa shape index (κ1) is 25.9. The number of aryl methyl sites for hydroxylation is 1. The minimum absolute atomic E-state index is 0.0245. The van der Waals surface area contributed by atoms with Crippen molar-refractivity contribution in [2.75, 3.05) is 19.6 Å². The van der Waals surface area contributed by atoms with Crippen molar-refractivity contribution in [1.82, 2.24) is 25.4 Å². The Bertz CT molecular complexity index is 1280. The first-order chi connectivity index (χ1) is 16.4. The van der Waals surface area contributed by atoms with Gasteiger partial charge in [0.1, 0.15) is 0 Å². The number of aliphatic carboxylic acids is 1. The largest absolute Gasteiger partial charge is 0.490 e. The van der Waals surface area contributed by atoms with Crippen LogP contribution >= 0.6 is 0 Å². The van der Waals surface area contributed by atoms with E-state index in [-0.39, 0.29) is 23.4 Å². The molecule has 1 amide bonds. The summed E-state index contributed by atoms with van der Waals surface area (Å²) < 4.78 is 31.7. The molecule has 0 spiro atoms.